The van der Waals surface area contributed by atoms with Gasteiger partial charge in [0.15, 0.2) is 5.82 Å². The molecule has 1 aliphatic rings. The lowest BCUT2D eigenvalue weighted by atomic mass is 10.0. The number of carbonyl (C=O) groups is 1. The molecular weight excluding hydrogens is 402 g/mol. The molecule has 1 aromatic heterocycles. The van der Waals surface area contributed by atoms with Crippen LogP contribution in [0, 0.1) is 0 Å². The fourth-order valence-corrected chi connectivity index (χ4v) is 3.61. The van der Waals surface area contributed by atoms with Crippen molar-refractivity contribution >= 4 is 34.8 Å². The van der Waals surface area contributed by atoms with Crippen molar-refractivity contribution in [3.8, 4) is 0 Å². The van der Waals surface area contributed by atoms with Gasteiger partial charge in [-0.1, -0.05) is 35.9 Å². The highest BCUT2D eigenvalue weighted by atomic mass is 35.5. The fourth-order valence-electron chi connectivity index (χ4n) is 3.41. The Labute approximate surface area is 179 Å². The van der Waals surface area contributed by atoms with Crippen LogP contribution < -0.4 is 10.6 Å². The number of amides is 1. The Morgan fingerprint density at radius 1 is 1.27 bits per heavy atom. The van der Waals surface area contributed by atoms with Gasteiger partial charge in [0.05, 0.1) is 0 Å². The van der Waals surface area contributed by atoms with E-state index in [-0.39, 0.29) is 18.6 Å². The van der Waals surface area contributed by atoms with Crippen LogP contribution in [-0.2, 0) is 11.2 Å². The molecule has 0 unspecified atom stereocenters. The first-order chi connectivity index (χ1) is 14.5. The van der Waals surface area contributed by atoms with Crippen LogP contribution >= 0.6 is 11.6 Å². The van der Waals surface area contributed by atoms with E-state index in [9.17, 15) is 4.79 Å². The van der Waals surface area contributed by atoms with E-state index in [0.717, 1.165) is 22.5 Å². The molecule has 0 saturated heterocycles. The Kier molecular flexibility index (Phi) is 5.83. The quantitative estimate of drug-likeness (QED) is 0.559. The molecule has 0 fully saturated rings. The minimum absolute atomic E-state index is 0.0964. The molecule has 3 aromatic rings. The summed E-state index contributed by atoms with van der Waals surface area (Å²) >= 11 is 6.23. The molecule has 0 spiro atoms. The van der Waals surface area contributed by atoms with E-state index in [1.54, 1.807) is 0 Å². The first-order valence-corrected chi connectivity index (χ1v) is 10.1. The van der Waals surface area contributed by atoms with Gasteiger partial charge in [0.2, 0.25) is 11.9 Å². The smallest absolute Gasteiger partial charge is 0.226 e. The molecule has 0 bridgehead atoms. The maximum atomic E-state index is 11.3. The summed E-state index contributed by atoms with van der Waals surface area (Å²) in [4.78, 5) is 15.9. The highest BCUT2D eigenvalue weighted by Gasteiger charge is 2.25. The number of carbonyl (C=O) groups excluding carboxylic acids is 1. The van der Waals surface area contributed by atoms with Crippen molar-refractivity contribution in [2.45, 2.75) is 25.8 Å². The second kappa shape index (κ2) is 8.69. The third-order valence-electron chi connectivity index (χ3n) is 4.77. The molecule has 30 heavy (non-hydrogen) atoms. The van der Waals surface area contributed by atoms with Crippen molar-refractivity contribution in [3.05, 3.63) is 76.6 Å². The number of rotatable bonds is 6. The number of halogens is 1. The van der Waals surface area contributed by atoms with Gasteiger partial charge in [-0.2, -0.15) is 10.1 Å². The molecule has 4 rings (SSSR count). The van der Waals surface area contributed by atoms with Crippen molar-refractivity contribution in [1.29, 1.82) is 0 Å². The Hall–Kier alpha value is -3.16. The summed E-state index contributed by atoms with van der Waals surface area (Å²) in [6.07, 6.45) is 3.29. The number of hydrogen-bond donors (Lipinski definition) is 3. The van der Waals surface area contributed by atoms with Crippen LogP contribution in [0.25, 0.3) is 5.70 Å². The number of allylic oxidation sites excluding steroid dienone is 1. The summed E-state index contributed by atoms with van der Waals surface area (Å²) in [6.45, 7) is 1.58. The summed E-state index contributed by atoms with van der Waals surface area (Å²) in [7, 11) is 0. The number of aliphatic hydroxyl groups excluding tert-OH is 1. The van der Waals surface area contributed by atoms with Crippen LogP contribution in [-0.4, -0.2) is 32.4 Å². The zero-order valence-electron chi connectivity index (χ0n) is 16.5. The number of anilines is 2. The average molecular weight is 424 g/mol. The Morgan fingerprint density at radius 3 is 2.77 bits per heavy atom. The van der Waals surface area contributed by atoms with Crippen molar-refractivity contribution in [2.24, 2.45) is 0 Å². The fraction of sp³-hybridized carbons (Fsp3) is 0.227. The van der Waals surface area contributed by atoms with E-state index in [2.05, 4.69) is 26.8 Å². The number of aromatic nitrogens is 3. The minimum Gasteiger partial charge on any atom is -0.396 e. The second-order valence-corrected chi connectivity index (χ2v) is 7.52. The van der Waals surface area contributed by atoms with Crippen LogP contribution in [0.5, 0.6) is 0 Å². The normalized spacial score (nSPS) is 15.2. The highest BCUT2D eigenvalue weighted by Crippen LogP contribution is 2.33. The van der Waals surface area contributed by atoms with E-state index >= 15 is 0 Å². The molecule has 3 N–H and O–H groups in total. The molecule has 7 nitrogen and oxygen atoms in total. The topological polar surface area (TPSA) is 92.1 Å². The van der Waals surface area contributed by atoms with Crippen molar-refractivity contribution in [2.75, 3.05) is 17.2 Å². The molecule has 0 saturated carbocycles. The number of benzene rings is 2. The van der Waals surface area contributed by atoms with Crippen molar-refractivity contribution in [3.63, 3.8) is 0 Å². The monoisotopic (exact) mass is 423 g/mol. The molecule has 2 heterocycles. The first-order valence-electron chi connectivity index (χ1n) is 9.72. The van der Waals surface area contributed by atoms with Gasteiger partial charge in [-0.25, -0.2) is 4.68 Å². The van der Waals surface area contributed by atoms with E-state index < -0.39 is 0 Å². The number of aryl methyl sites for hydroxylation is 1. The molecule has 0 radical (unpaired) electrons. The van der Waals surface area contributed by atoms with Crippen LogP contribution in [0.1, 0.15) is 36.3 Å². The molecule has 0 aliphatic carbocycles. The first kappa shape index (κ1) is 20.1. The SMILES string of the molecule is CC(=O)Nc1ccc(C2=C[C@H](c3cccc(Cl)c3)n3nc(CCCO)nc3N2)cc1. The van der Waals surface area contributed by atoms with Gasteiger partial charge in [0, 0.05) is 36.4 Å². The molecule has 1 aliphatic heterocycles. The largest absolute Gasteiger partial charge is 0.396 e. The molecule has 2 aromatic carbocycles. The van der Waals surface area contributed by atoms with E-state index in [1.807, 2.05) is 53.2 Å². The van der Waals surface area contributed by atoms with Crippen LogP contribution in [0.2, 0.25) is 5.02 Å². The maximum Gasteiger partial charge on any atom is 0.226 e. The number of nitrogens with one attached hydrogen (secondary N) is 2. The van der Waals surface area contributed by atoms with Crippen molar-refractivity contribution < 1.29 is 9.90 Å². The molecule has 8 heteroatoms. The summed E-state index contributed by atoms with van der Waals surface area (Å²) in [5, 5.41) is 20.6. The summed E-state index contributed by atoms with van der Waals surface area (Å²) in [5.74, 6) is 1.20. The molecule has 1 atom stereocenters. The lowest BCUT2D eigenvalue weighted by Gasteiger charge is -2.24. The summed E-state index contributed by atoms with van der Waals surface area (Å²) < 4.78 is 1.84. The Balaban J connectivity index is 1.71. The van der Waals surface area contributed by atoms with Gasteiger partial charge in [0.25, 0.3) is 0 Å². The van der Waals surface area contributed by atoms with E-state index in [1.165, 1.54) is 6.92 Å². The highest BCUT2D eigenvalue weighted by molar-refractivity contribution is 6.30. The average Bonchev–Trinajstić information content (AvgIpc) is 3.14. The number of hydrogen-bond acceptors (Lipinski definition) is 5. The van der Waals surface area contributed by atoms with Crippen LogP contribution in [0.15, 0.2) is 54.6 Å². The van der Waals surface area contributed by atoms with Crippen molar-refractivity contribution in [1.82, 2.24) is 14.8 Å². The molecule has 154 valence electrons. The van der Waals surface area contributed by atoms with Gasteiger partial charge in [-0.3, -0.25) is 4.79 Å². The van der Waals surface area contributed by atoms with E-state index in [4.69, 9.17) is 16.7 Å². The zero-order chi connectivity index (χ0) is 21.1. The van der Waals surface area contributed by atoms with Gasteiger partial charge < -0.3 is 15.7 Å². The lowest BCUT2D eigenvalue weighted by Crippen LogP contribution is -2.20. The minimum atomic E-state index is -0.180. The van der Waals surface area contributed by atoms with E-state index in [0.29, 0.717) is 29.6 Å². The Bertz CT molecular complexity index is 1090. The van der Waals surface area contributed by atoms with Gasteiger partial charge in [0.1, 0.15) is 6.04 Å². The summed E-state index contributed by atoms with van der Waals surface area (Å²) in [6, 6.07) is 15.1. The molecule has 1 amide bonds. The third-order valence-corrected chi connectivity index (χ3v) is 5.01. The third kappa shape index (κ3) is 4.37. The number of aliphatic hydroxyl groups is 1. The number of nitrogens with zero attached hydrogens (tertiary/aromatic N) is 3. The summed E-state index contributed by atoms with van der Waals surface area (Å²) in [5.41, 5.74) is 3.59. The molecular formula is C22H22ClN5O2. The van der Waals surface area contributed by atoms with Gasteiger partial charge >= 0.3 is 0 Å². The zero-order valence-corrected chi connectivity index (χ0v) is 17.2. The standard InChI is InChI=1S/C22H22ClN5O2/c1-14(30)24-18-9-7-15(8-10-18)19-13-20(16-4-2-5-17(23)12-16)28-22(25-19)26-21(27-28)6-3-11-29/h2,4-5,7-10,12-13,20,29H,3,6,11H2,1H3,(H,24,30)(H,25,26,27)/t20-/m1/s1. The number of fused-ring (bicyclic) bond motifs is 1. The predicted octanol–water partition coefficient (Wildman–Crippen LogP) is 3.87. The van der Waals surface area contributed by atoms with Crippen LogP contribution in [0.4, 0.5) is 11.6 Å². The van der Waals surface area contributed by atoms with Crippen LogP contribution in [0.3, 0.4) is 0 Å². The lowest BCUT2D eigenvalue weighted by molar-refractivity contribution is -0.114. The Morgan fingerprint density at radius 2 is 2.07 bits per heavy atom. The maximum absolute atomic E-state index is 11.3. The predicted molar refractivity (Wildman–Crippen MR) is 117 cm³/mol. The van der Waals surface area contributed by atoms with Gasteiger partial charge in [-0.15, -0.1) is 0 Å². The van der Waals surface area contributed by atoms with Gasteiger partial charge in [-0.05, 0) is 47.9 Å². The second-order valence-electron chi connectivity index (χ2n) is 7.09.